The van der Waals surface area contributed by atoms with Crippen molar-refractivity contribution in [3.63, 3.8) is 0 Å². The van der Waals surface area contributed by atoms with E-state index >= 15 is 0 Å². The molecule has 2 fully saturated rings. The molecular formula is C15H27NO4. The molecular weight excluding hydrogens is 258 g/mol. The lowest BCUT2D eigenvalue weighted by Crippen LogP contribution is -2.53. The lowest BCUT2D eigenvalue weighted by molar-refractivity contribution is -0.149. The van der Waals surface area contributed by atoms with Gasteiger partial charge in [-0.25, -0.2) is 0 Å². The maximum absolute atomic E-state index is 12.1. The zero-order valence-electron chi connectivity index (χ0n) is 12.8. The second-order valence-electron chi connectivity index (χ2n) is 6.30. The number of nitrogens with one attached hydrogen (secondary N) is 1. The van der Waals surface area contributed by atoms with Crippen LogP contribution in [0.15, 0.2) is 0 Å². The summed E-state index contributed by atoms with van der Waals surface area (Å²) in [6, 6.07) is 0.246. The van der Waals surface area contributed by atoms with E-state index in [0.29, 0.717) is 12.3 Å². The van der Waals surface area contributed by atoms with Crippen LogP contribution in [0.5, 0.6) is 0 Å². The SMILES string of the molecule is COC(=O)C1(NC(C)C)CCC(OCC2CCOC2)C1. The van der Waals surface area contributed by atoms with Crippen LogP contribution in [0.2, 0.25) is 0 Å². The maximum Gasteiger partial charge on any atom is 0.326 e. The number of esters is 1. The van der Waals surface area contributed by atoms with E-state index in [0.717, 1.165) is 39.1 Å². The zero-order chi connectivity index (χ0) is 14.6. The maximum atomic E-state index is 12.1. The van der Waals surface area contributed by atoms with Crippen LogP contribution in [0.3, 0.4) is 0 Å². The Morgan fingerprint density at radius 2 is 2.25 bits per heavy atom. The van der Waals surface area contributed by atoms with Crippen molar-refractivity contribution in [1.82, 2.24) is 5.32 Å². The molecule has 0 radical (unpaired) electrons. The summed E-state index contributed by atoms with van der Waals surface area (Å²) in [6.45, 7) is 6.49. The number of carbonyl (C=O) groups excluding carboxylic acids is 1. The summed E-state index contributed by atoms with van der Waals surface area (Å²) >= 11 is 0. The molecule has 0 aromatic carbocycles. The largest absolute Gasteiger partial charge is 0.468 e. The molecule has 0 aromatic heterocycles. The van der Waals surface area contributed by atoms with E-state index in [1.807, 2.05) is 0 Å². The highest BCUT2D eigenvalue weighted by Crippen LogP contribution is 2.34. The summed E-state index contributed by atoms with van der Waals surface area (Å²) in [5.74, 6) is 0.350. The van der Waals surface area contributed by atoms with Gasteiger partial charge in [0.15, 0.2) is 0 Å². The van der Waals surface area contributed by atoms with Crippen molar-refractivity contribution in [1.29, 1.82) is 0 Å². The fourth-order valence-corrected chi connectivity index (χ4v) is 3.25. The van der Waals surface area contributed by atoms with Crippen LogP contribution in [-0.4, -0.2) is 50.6 Å². The first-order chi connectivity index (χ1) is 9.55. The number of hydrogen-bond acceptors (Lipinski definition) is 5. The Morgan fingerprint density at radius 3 is 2.85 bits per heavy atom. The zero-order valence-corrected chi connectivity index (χ0v) is 12.8. The summed E-state index contributed by atoms with van der Waals surface area (Å²) in [5.41, 5.74) is -0.570. The van der Waals surface area contributed by atoms with E-state index in [4.69, 9.17) is 14.2 Å². The van der Waals surface area contributed by atoms with Gasteiger partial charge >= 0.3 is 5.97 Å². The smallest absolute Gasteiger partial charge is 0.326 e. The predicted molar refractivity (Wildman–Crippen MR) is 75.5 cm³/mol. The van der Waals surface area contributed by atoms with Crippen molar-refractivity contribution in [3.05, 3.63) is 0 Å². The normalized spacial score (nSPS) is 33.8. The number of carbonyl (C=O) groups is 1. The van der Waals surface area contributed by atoms with Crippen LogP contribution >= 0.6 is 0 Å². The third-order valence-electron chi connectivity index (χ3n) is 4.20. The monoisotopic (exact) mass is 285 g/mol. The number of rotatable bonds is 6. The molecule has 116 valence electrons. The molecule has 1 saturated heterocycles. The Hall–Kier alpha value is -0.650. The van der Waals surface area contributed by atoms with Crippen molar-refractivity contribution in [2.75, 3.05) is 26.9 Å². The summed E-state index contributed by atoms with van der Waals surface area (Å²) in [6.07, 6.45) is 3.61. The van der Waals surface area contributed by atoms with Gasteiger partial charge < -0.3 is 14.2 Å². The van der Waals surface area contributed by atoms with Crippen molar-refractivity contribution < 1.29 is 19.0 Å². The van der Waals surface area contributed by atoms with Crippen LogP contribution in [0, 0.1) is 5.92 Å². The summed E-state index contributed by atoms with van der Waals surface area (Å²) in [5, 5.41) is 3.38. The first kappa shape index (κ1) is 15.7. The summed E-state index contributed by atoms with van der Waals surface area (Å²) in [4.78, 5) is 12.1. The van der Waals surface area contributed by atoms with E-state index in [1.165, 1.54) is 7.11 Å². The van der Waals surface area contributed by atoms with Gasteiger partial charge in [0.1, 0.15) is 5.54 Å². The fraction of sp³-hybridized carbons (Fsp3) is 0.933. The average molecular weight is 285 g/mol. The lowest BCUT2D eigenvalue weighted by atomic mass is 9.96. The molecule has 0 aromatic rings. The average Bonchev–Trinajstić information content (AvgIpc) is 3.05. The van der Waals surface area contributed by atoms with Gasteiger partial charge in [-0.05, 0) is 33.1 Å². The van der Waals surface area contributed by atoms with Gasteiger partial charge in [-0.1, -0.05) is 0 Å². The standard InChI is InChI=1S/C15H27NO4/c1-11(2)16-15(14(17)18-3)6-4-13(8-15)20-10-12-5-7-19-9-12/h11-13,16H,4-10H2,1-3H3. The van der Waals surface area contributed by atoms with Gasteiger partial charge in [-0.15, -0.1) is 0 Å². The third-order valence-corrected chi connectivity index (χ3v) is 4.20. The van der Waals surface area contributed by atoms with Gasteiger partial charge in [0.05, 0.1) is 26.4 Å². The molecule has 1 N–H and O–H groups in total. The molecule has 5 heteroatoms. The minimum absolute atomic E-state index is 0.140. The quantitative estimate of drug-likeness (QED) is 0.750. The first-order valence-electron chi connectivity index (χ1n) is 7.61. The Balaban J connectivity index is 1.87. The third kappa shape index (κ3) is 3.71. The second kappa shape index (κ2) is 6.87. The van der Waals surface area contributed by atoms with E-state index < -0.39 is 5.54 Å². The van der Waals surface area contributed by atoms with Crippen LogP contribution < -0.4 is 5.32 Å². The van der Waals surface area contributed by atoms with Crippen LogP contribution in [-0.2, 0) is 19.0 Å². The van der Waals surface area contributed by atoms with E-state index in [1.54, 1.807) is 0 Å². The summed E-state index contributed by atoms with van der Waals surface area (Å²) in [7, 11) is 1.45. The summed E-state index contributed by atoms with van der Waals surface area (Å²) < 4.78 is 16.3. The molecule has 2 rings (SSSR count). The molecule has 5 nitrogen and oxygen atoms in total. The molecule has 0 amide bonds. The van der Waals surface area contributed by atoms with Gasteiger partial charge in [-0.3, -0.25) is 10.1 Å². The van der Waals surface area contributed by atoms with Gasteiger partial charge in [0.25, 0.3) is 0 Å². The molecule has 0 bridgehead atoms. The predicted octanol–water partition coefficient (Wildman–Crippen LogP) is 1.50. The molecule has 1 saturated carbocycles. The minimum atomic E-state index is -0.570. The fourth-order valence-electron chi connectivity index (χ4n) is 3.25. The highest BCUT2D eigenvalue weighted by atomic mass is 16.5. The van der Waals surface area contributed by atoms with Crippen molar-refractivity contribution in [2.24, 2.45) is 5.92 Å². The van der Waals surface area contributed by atoms with Gasteiger partial charge in [0.2, 0.25) is 0 Å². The number of methoxy groups -OCH3 is 1. The highest BCUT2D eigenvalue weighted by molar-refractivity contribution is 5.81. The van der Waals surface area contributed by atoms with Crippen molar-refractivity contribution >= 4 is 5.97 Å². The molecule has 3 unspecified atom stereocenters. The minimum Gasteiger partial charge on any atom is -0.468 e. The van der Waals surface area contributed by atoms with Crippen LogP contribution in [0.4, 0.5) is 0 Å². The van der Waals surface area contributed by atoms with Crippen molar-refractivity contribution in [2.45, 2.75) is 57.2 Å². The molecule has 1 heterocycles. The molecule has 1 aliphatic heterocycles. The molecule has 2 aliphatic rings. The topological polar surface area (TPSA) is 56.8 Å². The number of ether oxygens (including phenoxy) is 3. The van der Waals surface area contributed by atoms with Crippen LogP contribution in [0.25, 0.3) is 0 Å². The molecule has 0 spiro atoms. The Labute approximate surface area is 121 Å². The highest BCUT2D eigenvalue weighted by Gasteiger charge is 2.47. The second-order valence-corrected chi connectivity index (χ2v) is 6.30. The Morgan fingerprint density at radius 1 is 1.45 bits per heavy atom. The Bertz CT molecular complexity index is 328. The molecule has 1 aliphatic carbocycles. The van der Waals surface area contributed by atoms with E-state index in [-0.39, 0.29) is 18.1 Å². The van der Waals surface area contributed by atoms with Gasteiger partial charge in [-0.2, -0.15) is 0 Å². The lowest BCUT2D eigenvalue weighted by Gasteiger charge is -2.30. The van der Waals surface area contributed by atoms with E-state index in [2.05, 4.69) is 19.2 Å². The van der Waals surface area contributed by atoms with E-state index in [9.17, 15) is 4.79 Å². The first-order valence-corrected chi connectivity index (χ1v) is 7.61. The van der Waals surface area contributed by atoms with Crippen molar-refractivity contribution in [3.8, 4) is 0 Å². The van der Waals surface area contributed by atoms with Crippen LogP contribution in [0.1, 0.15) is 39.5 Å². The molecule has 20 heavy (non-hydrogen) atoms. The Kier molecular flexibility index (Phi) is 5.41. The molecule has 3 atom stereocenters. The number of hydrogen-bond donors (Lipinski definition) is 1. The van der Waals surface area contributed by atoms with Gasteiger partial charge in [0, 0.05) is 25.0 Å².